The van der Waals surface area contributed by atoms with Gasteiger partial charge in [-0.1, -0.05) is 42.6 Å². The Labute approximate surface area is 99.4 Å². The van der Waals surface area contributed by atoms with E-state index in [9.17, 15) is 4.79 Å². The Morgan fingerprint density at radius 3 is 2.33 bits per heavy atom. The van der Waals surface area contributed by atoms with E-state index in [1.807, 2.05) is 24.3 Å². The van der Waals surface area contributed by atoms with E-state index in [1.54, 1.807) is 0 Å². The average molecular weight is 243 g/mol. The second-order valence-electron chi connectivity index (χ2n) is 4.04. The molecule has 0 atom stereocenters. The Morgan fingerprint density at radius 2 is 1.80 bits per heavy atom. The molecule has 1 aromatic rings. The molecule has 0 saturated heterocycles. The fraction of sp³-hybridized carbons (Fsp3) is 0.417. The Bertz CT molecular complexity index is 381. The van der Waals surface area contributed by atoms with Crippen LogP contribution >= 0.6 is 23.2 Å². The van der Waals surface area contributed by atoms with E-state index < -0.39 is 5.41 Å². The molecule has 1 nitrogen and oxygen atoms in total. The van der Waals surface area contributed by atoms with Gasteiger partial charge in [0.1, 0.15) is 0 Å². The second-order valence-corrected chi connectivity index (χ2v) is 4.79. The van der Waals surface area contributed by atoms with Crippen LogP contribution in [0.5, 0.6) is 0 Å². The minimum atomic E-state index is -0.528. The van der Waals surface area contributed by atoms with E-state index in [2.05, 4.69) is 0 Å². The first kappa shape index (κ1) is 11.0. The summed E-state index contributed by atoms with van der Waals surface area (Å²) in [5, 5.41) is 0.376. The monoisotopic (exact) mass is 242 g/mol. The van der Waals surface area contributed by atoms with Gasteiger partial charge in [-0.3, -0.25) is 4.79 Å². The van der Waals surface area contributed by atoms with Gasteiger partial charge < -0.3 is 0 Å². The van der Waals surface area contributed by atoms with Crippen LogP contribution in [0.3, 0.4) is 0 Å². The Morgan fingerprint density at radius 1 is 1.20 bits per heavy atom. The number of rotatable bonds is 2. The van der Waals surface area contributed by atoms with Crippen molar-refractivity contribution in [2.24, 2.45) is 0 Å². The van der Waals surface area contributed by atoms with E-state index in [0.717, 1.165) is 31.2 Å². The Balaban J connectivity index is 2.50. The topological polar surface area (TPSA) is 17.1 Å². The maximum Gasteiger partial charge on any atom is 0.232 e. The van der Waals surface area contributed by atoms with Gasteiger partial charge in [-0.05, 0) is 36.1 Å². The minimum Gasteiger partial charge on any atom is -0.280 e. The van der Waals surface area contributed by atoms with Gasteiger partial charge in [0.15, 0.2) is 0 Å². The molecule has 1 aromatic carbocycles. The van der Waals surface area contributed by atoms with Crippen molar-refractivity contribution < 1.29 is 4.79 Å². The summed E-state index contributed by atoms with van der Waals surface area (Å²) in [5.74, 6) is 0. The summed E-state index contributed by atoms with van der Waals surface area (Å²) in [6, 6.07) is 7.50. The molecule has 0 radical (unpaired) electrons. The lowest BCUT2D eigenvalue weighted by Crippen LogP contribution is -2.29. The molecule has 0 amide bonds. The van der Waals surface area contributed by atoms with Crippen molar-refractivity contribution in [3.63, 3.8) is 0 Å². The first-order valence-corrected chi connectivity index (χ1v) is 5.87. The van der Waals surface area contributed by atoms with Crippen molar-refractivity contribution in [1.82, 2.24) is 0 Å². The zero-order chi connectivity index (χ0) is 10.9. The van der Waals surface area contributed by atoms with Gasteiger partial charge in [0.05, 0.1) is 5.41 Å². The van der Waals surface area contributed by atoms with Crippen LogP contribution in [0.1, 0.15) is 31.2 Å². The highest BCUT2D eigenvalue weighted by molar-refractivity contribution is 6.65. The molecule has 0 spiro atoms. The maximum atomic E-state index is 11.6. The molecule has 0 unspecified atom stereocenters. The standard InChI is InChI=1S/C12H12Cl2O/c13-10-6-2-1-5-9(10)12(11(14)15)7-3-4-8-12/h1-2,5-6H,3-4,7-8H2. The molecule has 1 fully saturated rings. The van der Waals surface area contributed by atoms with Gasteiger partial charge in [-0.15, -0.1) is 0 Å². The van der Waals surface area contributed by atoms with Crippen LogP contribution in [0.4, 0.5) is 0 Å². The van der Waals surface area contributed by atoms with E-state index in [4.69, 9.17) is 23.2 Å². The van der Waals surface area contributed by atoms with Crippen LogP contribution < -0.4 is 0 Å². The number of benzene rings is 1. The summed E-state index contributed by atoms with van der Waals surface area (Å²) >= 11 is 11.9. The number of hydrogen-bond acceptors (Lipinski definition) is 1. The first-order valence-electron chi connectivity index (χ1n) is 5.12. The first-order chi connectivity index (χ1) is 7.17. The normalized spacial score (nSPS) is 19.1. The predicted octanol–water partition coefficient (Wildman–Crippen LogP) is 3.92. The van der Waals surface area contributed by atoms with Crippen molar-refractivity contribution in [3.05, 3.63) is 34.9 Å². The van der Waals surface area contributed by atoms with E-state index >= 15 is 0 Å². The van der Waals surface area contributed by atoms with Crippen LogP contribution in [-0.4, -0.2) is 5.24 Å². The summed E-state index contributed by atoms with van der Waals surface area (Å²) in [7, 11) is 0. The summed E-state index contributed by atoms with van der Waals surface area (Å²) in [4.78, 5) is 11.6. The Kier molecular flexibility index (Phi) is 3.03. The fourth-order valence-electron chi connectivity index (χ4n) is 2.40. The molecule has 15 heavy (non-hydrogen) atoms. The van der Waals surface area contributed by atoms with Crippen LogP contribution in [0, 0.1) is 0 Å². The third kappa shape index (κ3) is 1.79. The van der Waals surface area contributed by atoms with Gasteiger partial charge >= 0.3 is 0 Å². The highest BCUT2D eigenvalue weighted by Crippen LogP contribution is 2.45. The van der Waals surface area contributed by atoms with Gasteiger partial charge in [-0.25, -0.2) is 0 Å². The van der Waals surface area contributed by atoms with Gasteiger partial charge in [-0.2, -0.15) is 0 Å². The molecule has 0 aromatic heterocycles. The zero-order valence-corrected chi connectivity index (χ0v) is 9.81. The molecule has 0 bridgehead atoms. The quantitative estimate of drug-likeness (QED) is 0.719. The number of carbonyl (C=O) groups is 1. The largest absolute Gasteiger partial charge is 0.280 e. The van der Waals surface area contributed by atoms with Crippen molar-refractivity contribution in [2.45, 2.75) is 31.1 Å². The lowest BCUT2D eigenvalue weighted by atomic mass is 9.80. The molecule has 2 rings (SSSR count). The molecule has 0 heterocycles. The lowest BCUT2D eigenvalue weighted by molar-refractivity contribution is -0.116. The molecule has 80 valence electrons. The number of hydrogen-bond donors (Lipinski definition) is 0. The van der Waals surface area contributed by atoms with Crippen molar-refractivity contribution >= 4 is 28.4 Å². The highest BCUT2D eigenvalue weighted by atomic mass is 35.5. The minimum absolute atomic E-state index is 0.270. The van der Waals surface area contributed by atoms with E-state index in [-0.39, 0.29) is 5.24 Å². The lowest BCUT2D eigenvalue weighted by Gasteiger charge is -2.25. The Hall–Kier alpha value is -0.530. The average Bonchev–Trinajstić information content (AvgIpc) is 2.68. The zero-order valence-electron chi connectivity index (χ0n) is 8.30. The molecule has 1 saturated carbocycles. The highest BCUT2D eigenvalue weighted by Gasteiger charge is 2.42. The van der Waals surface area contributed by atoms with Crippen molar-refractivity contribution in [1.29, 1.82) is 0 Å². The third-order valence-electron chi connectivity index (χ3n) is 3.22. The summed E-state index contributed by atoms with van der Waals surface area (Å²) < 4.78 is 0. The summed E-state index contributed by atoms with van der Waals surface area (Å²) in [6.07, 6.45) is 3.73. The van der Waals surface area contributed by atoms with E-state index in [0.29, 0.717) is 5.02 Å². The number of halogens is 2. The molecule has 1 aliphatic carbocycles. The van der Waals surface area contributed by atoms with Gasteiger partial charge in [0, 0.05) is 5.02 Å². The smallest absolute Gasteiger partial charge is 0.232 e. The SMILES string of the molecule is O=C(Cl)C1(c2ccccc2Cl)CCCC1. The summed E-state index contributed by atoms with van der Waals surface area (Å²) in [5.41, 5.74) is 0.365. The maximum absolute atomic E-state index is 11.6. The molecule has 0 N–H and O–H groups in total. The van der Waals surface area contributed by atoms with Gasteiger partial charge in [0.2, 0.25) is 5.24 Å². The second kappa shape index (κ2) is 4.15. The van der Waals surface area contributed by atoms with Crippen molar-refractivity contribution in [2.75, 3.05) is 0 Å². The molecule has 3 heteroatoms. The van der Waals surface area contributed by atoms with Gasteiger partial charge in [0.25, 0.3) is 0 Å². The molecule has 0 aliphatic heterocycles. The molecular weight excluding hydrogens is 231 g/mol. The van der Waals surface area contributed by atoms with E-state index in [1.165, 1.54) is 0 Å². The summed E-state index contributed by atoms with van der Waals surface area (Å²) in [6.45, 7) is 0. The van der Waals surface area contributed by atoms with Crippen LogP contribution in [-0.2, 0) is 10.2 Å². The predicted molar refractivity (Wildman–Crippen MR) is 62.5 cm³/mol. The van der Waals surface area contributed by atoms with Crippen LogP contribution in [0.15, 0.2) is 24.3 Å². The van der Waals surface area contributed by atoms with Crippen molar-refractivity contribution in [3.8, 4) is 0 Å². The molecular formula is C12H12Cl2O. The fourth-order valence-corrected chi connectivity index (χ4v) is 3.01. The third-order valence-corrected chi connectivity index (χ3v) is 3.91. The van der Waals surface area contributed by atoms with Crippen LogP contribution in [0.2, 0.25) is 5.02 Å². The molecule has 1 aliphatic rings. The number of carbonyl (C=O) groups excluding carboxylic acids is 1. The van der Waals surface area contributed by atoms with Crippen LogP contribution in [0.25, 0.3) is 0 Å².